The zero-order valence-corrected chi connectivity index (χ0v) is 83.9. The van der Waals surface area contributed by atoms with Crippen LogP contribution in [-0.4, -0.2) is 156 Å². The lowest BCUT2D eigenvalue weighted by Gasteiger charge is -2.28. The first-order valence-electron chi connectivity index (χ1n) is 48.4. The summed E-state index contributed by atoms with van der Waals surface area (Å²) in [6.45, 7) is 24.8. The molecular weight excluding hydrogens is 1930 g/mol. The summed E-state index contributed by atoms with van der Waals surface area (Å²) >= 11 is 0. The van der Waals surface area contributed by atoms with E-state index >= 15 is 0 Å². The molecule has 16 aromatic rings. The third kappa shape index (κ3) is 21.6. The van der Waals surface area contributed by atoms with E-state index < -0.39 is 35.6 Å². The Morgan fingerprint density at radius 2 is 0.718 bits per heavy atom. The minimum absolute atomic E-state index is 0.0217. The lowest BCUT2D eigenvalue weighted by atomic mass is 10.0. The molecule has 0 unspecified atom stereocenters. The molecule has 0 saturated carbocycles. The van der Waals surface area contributed by atoms with Crippen LogP contribution < -0.4 is 29.2 Å². The monoisotopic (exact) mass is 2030 g/mol. The molecule has 21 rings (SSSR count). The van der Waals surface area contributed by atoms with Crippen molar-refractivity contribution in [3.63, 3.8) is 0 Å². The molecule has 0 radical (unpaired) electrons. The standard InChI is InChI=1S/C29H28F3N7O2.2C27H25F3N6O.C26H26N6O2/c1-18(2)26-22(4-3-9-33-26)27-34-16-20-14-25(40)38(28(20)35-27)17-19-5-7-21(8-6-19)39-24(37-10-12-41-13-11-37)15-23(36-39)29(30,31)32;2*1-15(2)23-20(6-5-11-31-23)24-32-13-19-12-22(37)36(26(19)34-24)16(3)17-7-9-18(10-8-17)25-33-21(14-35(25)4)27(28,29)30;1-16(2)24-21(6-5-11-27-24)25-28-14-19-13-23(33)31(26(19)29-25)15-18-7-9-20(10-8-18)32-17(3)12-22(30-32)34-4/h3-9,15-16,18H,10-14,17H2,1-2H3;2*5-11,13-16H,12H2,1-4H3;5-12,14,16H,13,15H2,1-4H3/t;2*16-;/m.10./s1. The van der Waals surface area contributed by atoms with Gasteiger partial charge in [0.05, 0.1) is 105 Å². The largest absolute Gasteiger partial charge is 0.480 e. The van der Waals surface area contributed by atoms with Gasteiger partial charge >= 0.3 is 18.5 Å². The molecule has 1 fully saturated rings. The highest BCUT2D eigenvalue weighted by molar-refractivity contribution is 6.03. The van der Waals surface area contributed by atoms with E-state index in [9.17, 15) is 58.7 Å². The first-order chi connectivity index (χ1) is 71.2. The van der Waals surface area contributed by atoms with Gasteiger partial charge in [-0.2, -0.15) is 44.6 Å². The predicted molar refractivity (Wildman–Crippen MR) is 540 cm³/mol. The topological polar surface area (TPSA) is 329 Å². The van der Waals surface area contributed by atoms with E-state index in [-0.39, 0.29) is 96.8 Å². The minimum Gasteiger partial charge on any atom is -0.480 e. The van der Waals surface area contributed by atoms with Gasteiger partial charge in [-0.25, -0.2) is 59.2 Å². The fourth-order valence-corrected chi connectivity index (χ4v) is 18.6. The number of hydrogen-bond acceptors (Lipinski definition) is 23. The molecule has 4 amide bonds. The molecule has 5 aliphatic rings. The van der Waals surface area contributed by atoms with Gasteiger partial charge in [-0.15, -0.1) is 5.10 Å². The molecule has 12 aromatic heterocycles. The minimum atomic E-state index is -4.57. The molecule has 1 saturated heterocycles. The number of anilines is 5. The number of amides is 4. The molecule has 0 bridgehead atoms. The molecule has 40 heteroatoms. The first kappa shape index (κ1) is 102. The van der Waals surface area contributed by atoms with Crippen LogP contribution in [0.2, 0.25) is 0 Å². The number of methoxy groups -OCH3 is 1. The average Bonchev–Trinajstić information content (AvgIpc) is 1.63. The number of ether oxygens (including phenoxy) is 2. The zero-order valence-electron chi connectivity index (χ0n) is 83.9. The number of morpholine rings is 1. The second-order valence-corrected chi connectivity index (χ2v) is 37.9. The highest BCUT2D eigenvalue weighted by Crippen LogP contribution is 2.44. The van der Waals surface area contributed by atoms with E-state index in [4.69, 9.17) is 29.4 Å². The Labute approximate surface area is 851 Å². The van der Waals surface area contributed by atoms with Crippen LogP contribution >= 0.6 is 0 Å². The summed E-state index contributed by atoms with van der Waals surface area (Å²) in [6, 6.07) is 46.5. The van der Waals surface area contributed by atoms with Gasteiger partial charge in [-0.05, 0) is 139 Å². The van der Waals surface area contributed by atoms with Crippen LogP contribution in [0.25, 0.3) is 79.7 Å². The molecule has 0 spiro atoms. The Morgan fingerprint density at radius 3 is 1.05 bits per heavy atom. The fourth-order valence-electron chi connectivity index (χ4n) is 18.6. The second-order valence-electron chi connectivity index (χ2n) is 37.9. The van der Waals surface area contributed by atoms with Crippen molar-refractivity contribution < 1.29 is 68.2 Å². The van der Waals surface area contributed by atoms with E-state index in [1.807, 2.05) is 109 Å². The fraction of sp³-hybridized carbons (Fsp3) is 0.303. The SMILES string of the molecule is CC(C)c1ncccc1-c1ncc2c(n1)N(Cc1ccc(-n3nc(C(F)(F)F)cc3N3CCOCC3)cc1)C(=O)C2.CC(C)c1ncccc1-c1ncc2c(n1)N([C@@H](C)c1ccc(-c3nc(C(F)(F)F)cn3C)cc1)C(=O)C2.CC(C)c1ncccc1-c1ncc2c(n1)N([C@H](C)c1ccc(-c3nc(C(F)(F)F)cn3C)cc1)C(=O)C2.COc1cc(C)n(-c2ccc(CN3C(=O)Cc4cnc(-c5cccnc5C(C)C)nc43)cc2)n1. The summed E-state index contributed by atoms with van der Waals surface area (Å²) in [5, 5.41) is 8.32. The molecule has 0 aliphatic carbocycles. The Hall–Kier alpha value is -16.6. The van der Waals surface area contributed by atoms with Crippen molar-refractivity contribution in [2.45, 2.75) is 169 Å². The van der Waals surface area contributed by atoms with Gasteiger partial charge in [0.25, 0.3) is 0 Å². The molecule has 31 nitrogen and oxygen atoms in total. The zero-order chi connectivity index (χ0) is 106. The second kappa shape index (κ2) is 42.1. The maximum atomic E-state index is 13.5. The number of halogens is 9. The number of nitrogens with zero attached hydrogens (tertiary/aromatic N) is 25. The number of pyridine rings is 4. The van der Waals surface area contributed by atoms with Crippen LogP contribution in [0.5, 0.6) is 5.88 Å². The van der Waals surface area contributed by atoms with Crippen molar-refractivity contribution >= 4 is 52.7 Å². The van der Waals surface area contributed by atoms with Crippen LogP contribution in [0.15, 0.2) is 220 Å². The summed E-state index contributed by atoms with van der Waals surface area (Å²) in [6.07, 6.45) is 3.12. The lowest BCUT2D eigenvalue weighted by molar-refractivity contribution is -0.142. The Morgan fingerprint density at radius 1 is 0.383 bits per heavy atom. The molecule has 764 valence electrons. The van der Waals surface area contributed by atoms with Gasteiger partial charge in [0.15, 0.2) is 40.4 Å². The third-order valence-corrected chi connectivity index (χ3v) is 26.2. The summed E-state index contributed by atoms with van der Waals surface area (Å²) in [4.78, 5) is 123. The number of fused-ring (bicyclic) bond motifs is 4. The van der Waals surface area contributed by atoms with E-state index in [2.05, 4.69) is 115 Å². The lowest BCUT2D eigenvalue weighted by Crippen LogP contribution is -2.37. The Balaban J connectivity index is 0.000000130. The first-order valence-corrected chi connectivity index (χ1v) is 48.4. The number of aryl methyl sites for hydroxylation is 3. The number of alkyl halides is 9. The number of aromatic nitrogens is 20. The van der Waals surface area contributed by atoms with Crippen LogP contribution in [0.1, 0.15) is 195 Å². The van der Waals surface area contributed by atoms with Crippen molar-refractivity contribution in [1.29, 1.82) is 0 Å². The van der Waals surface area contributed by atoms with Crippen molar-refractivity contribution in [2.75, 3.05) is 57.9 Å². The summed E-state index contributed by atoms with van der Waals surface area (Å²) in [5.74, 6) is 6.32. The molecule has 4 aromatic carbocycles. The van der Waals surface area contributed by atoms with E-state index in [1.165, 1.54) is 27.9 Å². The van der Waals surface area contributed by atoms with E-state index in [1.54, 1.807) is 149 Å². The van der Waals surface area contributed by atoms with E-state index in [0.717, 1.165) is 119 Å². The number of carbonyl (C=O) groups is 4. The van der Waals surface area contributed by atoms with Crippen LogP contribution in [0.4, 0.5) is 68.6 Å². The van der Waals surface area contributed by atoms with Gasteiger partial charge in [0.1, 0.15) is 40.7 Å². The van der Waals surface area contributed by atoms with E-state index in [0.29, 0.717) is 114 Å². The molecule has 149 heavy (non-hydrogen) atoms. The molecular formula is C109H104F9N25O6. The number of imidazole rings is 2. The van der Waals surface area contributed by atoms with Crippen molar-refractivity contribution in [2.24, 2.45) is 14.1 Å². The summed E-state index contributed by atoms with van der Waals surface area (Å²) in [5.41, 5.74) is 14.1. The predicted octanol–water partition coefficient (Wildman–Crippen LogP) is 20.5. The number of rotatable bonds is 22. The van der Waals surface area contributed by atoms with Crippen molar-refractivity contribution in [3.8, 4) is 85.6 Å². The van der Waals surface area contributed by atoms with Crippen LogP contribution in [0.3, 0.4) is 0 Å². The van der Waals surface area contributed by atoms with Crippen LogP contribution in [0, 0.1) is 6.92 Å². The average molecular weight is 2030 g/mol. The quantitative estimate of drug-likeness (QED) is 0.0569. The highest BCUT2D eigenvalue weighted by Gasteiger charge is 2.42. The van der Waals surface area contributed by atoms with Gasteiger partial charge < -0.3 is 23.5 Å². The maximum absolute atomic E-state index is 13.5. The maximum Gasteiger partial charge on any atom is 0.435 e. The van der Waals surface area contributed by atoms with Gasteiger partial charge in [0, 0.05) is 163 Å². The number of benzene rings is 4. The normalized spacial score (nSPS) is 14.4. The number of hydrogen-bond donors (Lipinski definition) is 0. The highest BCUT2D eigenvalue weighted by atomic mass is 19.4. The molecule has 0 N–H and O–H groups in total. The smallest absolute Gasteiger partial charge is 0.435 e. The molecule has 17 heterocycles. The molecule has 2 atom stereocenters. The van der Waals surface area contributed by atoms with Crippen molar-refractivity contribution in [3.05, 3.63) is 310 Å². The summed E-state index contributed by atoms with van der Waals surface area (Å²) in [7, 11) is 4.66. The Bertz CT molecular complexity index is 7460. The van der Waals surface area contributed by atoms with Gasteiger partial charge in [-0.3, -0.25) is 58.7 Å². The molecule has 5 aliphatic heterocycles. The van der Waals surface area contributed by atoms with Crippen LogP contribution in [-0.2, 0) is 95.3 Å². The Kier molecular flexibility index (Phi) is 29.0. The van der Waals surface area contributed by atoms with Gasteiger partial charge in [-0.1, -0.05) is 128 Å². The summed E-state index contributed by atoms with van der Waals surface area (Å²) < 4.78 is 135. The van der Waals surface area contributed by atoms with Gasteiger partial charge in [0.2, 0.25) is 29.5 Å². The van der Waals surface area contributed by atoms with Crippen molar-refractivity contribution in [1.82, 2.24) is 98.5 Å². The number of carbonyl (C=O) groups excluding carboxylic acids is 4. The third-order valence-electron chi connectivity index (χ3n) is 26.2.